The number of aromatic nitrogens is 1. The van der Waals surface area contributed by atoms with Gasteiger partial charge in [-0.3, -0.25) is 5.32 Å². The Hall–Kier alpha value is -3.28. The van der Waals surface area contributed by atoms with Gasteiger partial charge in [0, 0.05) is 22.8 Å². The third-order valence-corrected chi connectivity index (χ3v) is 5.19. The van der Waals surface area contributed by atoms with Crippen LogP contribution in [0.25, 0.3) is 10.9 Å². The average molecular weight is 378 g/mol. The van der Waals surface area contributed by atoms with Gasteiger partial charge in [0.15, 0.2) is 0 Å². The van der Waals surface area contributed by atoms with E-state index in [1.165, 1.54) is 0 Å². The van der Waals surface area contributed by atoms with Crippen molar-refractivity contribution in [1.82, 2.24) is 4.98 Å². The summed E-state index contributed by atoms with van der Waals surface area (Å²) in [6.45, 7) is 0. The van der Waals surface area contributed by atoms with Gasteiger partial charge in [-0.2, -0.15) is 0 Å². The molecule has 6 heteroatoms. The molecule has 0 unspecified atom stereocenters. The summed E-state index contributed by atoms with van der Waals surface area (Å²) in [5.41, 5.74) is 4.04. The molecule has 3 aromatic rings. The first-order valence-electron chi connectivity index (χ1n) is 9.48. The maximum atomic E-state index is 12.1. The first kappa shape index (κ1) is 18.1. The zero-order valence-electron chi connectivity index (χ0n) is 15.4. The Labute approximate surface area is 162 Å². The molecule has 6 nitrogen and oxygen atoms in total. The van der Waals surface area contributed by atoms with Crippen LogP contribution in [-0.4, -0.2) is 28.3 Å². The molecule has 1 saturated carbocycles. The molecule has 1 amide bonds. The zero-order valence-corrected chi connectivity index (χ0v) is 15.4. The Morgan fingerprint density at radius 2 is 1.86 bits per heavy atom. The second-order valence-corrected chi connectivity index (χ2v) is 7.19. The van der Waals surface area contributed by atoms with Gasteiger partial charge >= 0.3 is 12.1 Å². The van der Waals surface area contributed by atoms with E-state index in [2.05, 4.69) is 10.3 Å². The first-order chi connectivity index (χ1) is 13.6. The molecule has 1 aromatic heterocycles. The number of hydrogen-bond donors (Lipinski definition) is 3. The first-order valence-corrected chi connectivity index (χ1v) is 9.48. The Bertz CT molecular complexity index is 1000. The summed E-state index contributed by atoms with van der Waals surface area (Å²) in [4.78, 5) is 26.3. The monoisotopic (exact) mass is 378 g/mol. The van der Waals surface area contributed by atoms with Crippen LogP contribution in [0.2, 0.25) is 0 Å². The minimum absolute atomic E-state index is 0.0281. The highest BCUT2D eigenvalue weighted by molar-refractivity contribution is 5.92. The van der Waals surface area contributed by atoms with Gasteiger partial charge in [-0.25, -0.2) is 9.59 Å². The van der Waals surface area contributed by atoms with E-state index >= 15 is 0 Å². The zero-order chi connectivity index (χ0) is 19.5. The van der Waals surface area contributed by atoms with Gasteiger partial charge in [-0.1, -0.05) is 12.1 Å². The molecule has 0 radical (unpaired) electrons. The highest BCUT2D eigenvalue weighted by Crippen LogP contribution is 2.26. The Morgan fingerprint density at radius 3 is 2.57 bits per heavy atom. The number of carboxylic acid groups (broad SMARTS) is 1. The maximum absolute atomic E-state index is 12.1. The fraction of sp³-hybridized carbons (Fsp3) is 0.273. The van der Waals surface area contributed by atoms with Crippen molar-refractivity contribution < 1.29 is 19.4 Å². The second-order valence-electron chi connectivity index (χ2n) is 7.19. The molecule has 1 aliphatic rings. The van der Waals surface area contributed by atoms with E-state index in [1.54, 1.807) is 12.1 Å². The normalized spacial score (nSPS) is 14.3. The molecule has 0 atom stereocenters. The van der Waals surface area contributed by atoms with Gasteiger partial charge < -0.3 is 14.8 Å². The third kappa shape index (κ3) is 4.01. The summed E-state index contributed by atoms with van der Waals surface area (Å²) in [6, 6.07) is 12.6. The van der Waals surface area contributed by atoms with Gasteiger partial charge in [0.25, 0.3) is 0 Å². The van der Waals surface area contributed by atoms with Crippen molar-refractivity contribution in [2.75, 3.05) is 5.32 Å². The number of anilines is 1. The van der Waals surface area contributed by atoms with Gasteiger partial charge in [0.1, 0.15) is 6.10 Å². The molecule has 4 rings (SSSR count). The largest absolute Gasteiger partial charge is 0.478 e. The molecule has 0 spiro atoms. The number of benzene rings is 2. The molecule has 144 valence electrons. The third-order valence-electron chi connectivity index (χ3n) is 5.19. The van der Waals surface area contributed by atoms with Crippen molar-refractivity contribution in [3.63, 3.8) is 0 Å². The standard InChI is InChI=1S/C22H22N2O4/c25-21(26)15-7-5-14(6-8-15)11-16-13-23-20-10-9-17(12-19(16)20)24-22(27)28-18-3-1-2-4-18/h5-10,12-13,18,23H,1-4,11H2,(H,24,27)(H,25,26). The van der Waals surface area contributed by atoms with E-state index < -0.39 is 12.1 Å². The van der Waals surface area contributed by atoms with Gasteiger partial charge in [0.2, 0.25) is 0 Å². The number of amides is 1. The van der Waals surface area contributed by atoms with Crippen molar-refractivity contribution in [2.24, 2.45) is 0 Å². The maximum Gasteiger partial charge on any atom is 0.411 e. The van der Waals surface area contributed by atoms with Crippen LogP contribution in [0.15, 0.2) is 48.7 Å². The molecular weight excluding hydrogens is 356 g/mol. The average Bonchev–Trinajstić information content (AvgIpc) is 3.32. The number of ether oxygens (including phenoxy) is 1. The minimum atomic E-state index is -0.932. The number of aromatic amines is 1. The minimum Gasteiger partial charge on any atom is -0.478 e. The lowest BCUT2D eigenvalue weighted by molar-refractivity contribution is 0.0696. The van der Waals surface area contributed by atoms with Crippen LogP contribution >= 0.6 is 0 Å². The van der Waals surface area contributed by atoms with E-state index in [4.69, 9.17) is 9.84 Å². The topological polar surface area (TPSA) is 91.4 Å². The summed E-state index contributed by atoms with van der Waals surface area (Å²) >= 11 is 0. The lowest BCUT2D eigenvalue weighted by Crippen LogP contribution is -2.20. The predicted molar refractivity (Wildman–Crippen MR) is 107 cm³/mol. The molecule has 28 heavy (non-hydrogen) atoms. The van der Waals surface area contributed by atoms with Gasteiger partial charge in [-0.15, -0.1) is 0 Å². The highest BCUT2D eigenvalue weighted by Gasteiger charge is 2.19. The molecule has 0 saturated heterocycles. The van der Waals surface area contributed by atoms with Crippen molar-refractivity contribution in [2.45, 2.75) is 38.2 Å². The summed E-state index contributed by atoms with van der Waals surface area (Å²) in [5, 5.41) is 12.9. The summed E-state index contributed by atoms with van der Waals surface area (Å²) < 4.78 is 5.46. The molecular formula is C22H22N2O4. The SMILES string of the molecule is O=C(Nc1ccc2[nH]cc(Cc3ccc(C(=O)O)cc3)c2c1)OC1CCCC1. The van der Waals surface area contributed by atoms with Crippen LogP contribution in [-0.2, 0) is 11.2 Å². The van der Waals surface area contributed by atoms with Gasteiger partial charge in [-0.05, 0) is 73.6 Å². The number of rotatable bonds is 5. The molecule has 0 bridgehead atoms. The number of carbonyl (C=O) groups is 2. The molecule has 0 aliphatic heterocycles. The number of aromatic carboxylic acids is 1. The Kier molecular flexibility index (Phi) is 5.02. The van der Waals surface area contributed by atoms with Crippen LogP contribution < -0.4 is 5.32 Å². The smallest absolute Gasteiger partial charge is 0.411 e. The molecule has 1 aliphatic carbocycles. The van der Waals surface area contributed by atoms with Crippen LogP contribution in [0.4, 0.5) is 10.5 Å². The van der Waals surface area contributed by atoms with Crippen LogP contribution in [0, 0.1) is 0 Å². The quantitative estimate of drug-likeness (QED) is 0.586. The van der Waals surface area contributed by atoms with Crippen molar-refractivity contribution in [3.05, 3.63) is 65.4 Å². The number of carboxylic acids is 1. The molecule has 3 N–H and O–H groups in total. The second kappa shape index (κ2) is 7.76. The van der Waals surface area contributed by atoms with E-state index in [1.807, 2.05) is 36.5 Å². The number of fused-ring (bicyclic) bond motifs is 1. The molecule has 2 aromatic carbocycles. The lowest BCUT2D eigenvalue weighted by Gasteiger charge is -2.12. The van der Waals surface area contributed by atoms with E-state index in [-0.39, 0.29) is 11.7 Å². The van der Waals surface area contributed by atoms with E-state index in [0.29, 0.717) is 12.1 Å². The van der Waals surface area contributed by atoms with Gasteiger partial charge in [0.05, 0.1) is 5.56 Å². The number of carbonyl (C=O) groups excluding carboxylic acids is 1. The predicted octanol–water partition coefficient (Wildman–Crippen LogP) is 4.95. The molecule has 1 heterocycles. The van der Waals surface area contributed by atoms with E-state index in [9.17, 15) is 9.59 Å². The molecule has 1 fully saturated rings. The summed E-state index contributed by atoms with van der Waals surface area (Å²) in [7, 11) is 0. The number of hydrogen-bond acceptors (Lipinski definition) is 3. The summed E-state index contributed by atoms with van der Waals surface area (Å²) in [6.07, 6.45) is 6.33. The fourth-order valence-electron chi connectivity index (χ4n) is 3.69. The summed E-state index contributed by atoms with van der Waals surface area (Å²) in [5.74, 6) is -0.932. The lowest BCUT2D eigenvalue weighted by atomic mass is 10.0. The fourth-order valence-corrected chi connectivity index (χ4v) is 3.69. The van der Waals surface area contributed by atoms with Crippen molar-refractivity contribution in [3.8, 4) is 0 Å². The number of nitrogens with one attached hydrogen (secondary N) is 2. The van der Waals surface area contributed by atoms with Crippen LogP contribution in [0.1, 0.15) is 47.2 Å². The Morgan fingerprint density at radius 1 is 1.11 bits per heavy atom. The van der Waals surface area contributed by atoms with Crippen molar-refractivity contribution in [1.29, 1.82) is 0 Å². The van der Waals surface area contributed by atoms with E-state index in [0.717, 1.165) is 47.7 Å². The number of H-pyrrole nitrogens is 1. The van der Waals surface area contributed by atoms with Crippen LogP contribution in [0.3, 0.4) is 0 Å². The Balaban J connectivity index is 1.49. The van der Waals surface area contributed by atoms with Crippen LogP contribution in [0.5, 0.6) is 0 Å². The van der Waals surface area contributed by atoms with Crippen molar-refractivity contribution >= 4 is 28.7 Å². The highest BCUT2D eigenvalue weighted by atomic mass is 16.6.